The van der Waals surface area contributed by atoms with Crippen molar-refractivity contribution < 1.29 is 9.32 Å². The molecule has 5 heteroatoms. The van der Waals surface area contributed by atoms with Crippen LogP contribution >= 0.6 is 0 Å². The molecule has 0 N–H and O–H groups in total. The van der Waals surface area contributed by atoms with Gasteiger partial charge in [0.2, 0.25) is 5.76 Å². The van der Waals surface area contributed by atoms with Crippen molar-refractivity contribution in [1.82, 2.24) is 15.0 Å². The molecule has 0 saturated carbocycles. The SMILES string of the molecule is Cc1ccc(-c2cc(C(=O)N3CCN(C(C)C)CC3)on2)cc1. The van der Waals surface area contributed by atoms with Gasteiger partial charge in [-0.25, -0.2) is 0 Å². The predicted molar refractivity (Wildman–Crippen MR) is 89.3 cm³/mol. The zero-order valence-corrected chi connectivity index (χ0v) is 14.0. The van der Waals surface area contributed by atoms with Gasteiger partial charge < -0.3 is 9.42 Å². The lowest BCUT2D eigenvalue weighted by atomic mass is 10.1. The Bertz CT molecular complexity index is 668. The maximum absolute atomic E-state index is 12.5. The third-order valence-corrected chi connectivity index (χ3v) is 4.40. The van der Waals surface area contributed by atoms with Crippen LogP contribution in [0.25, 0.3) is 11.3 Å². The van der Waals surface area contributed by atoms with E-state index < -0.39 is 0 Å². The lowest BCUT2D eigenvalue weighted by Crippen LogP contribution is -2.50. The first kappa shape index (κ1) is 15.7. The van der Waals surface area contributed by atoms with E-state index >= 15 is 0 Å². The molecule has 2 heterocycles. The Balaban J connectivity index is 1.68. The number of benzene rings is 1. The summed E-state index contributed by atoms with van der Waals surface area (Å²) in [6.45, 7) is 9.68. The Kier molecular flexibility index (Phi) is 4.48. The summed E-state index contributed by atoms with van der Waals surface area (Å²) in [4.78, 5) is 16.8. The first-order valence-corrected chi connectivity index (χ1v) is 8.11. The average molecular weight is 313 g/mol. The number of nitrogens with zero attached hydrogens (tertiary/aromatic N) is 3. The Morgan fingerprint density at radius 1 is 1.13 bits per heavy atom. The normalized spacial score (nSPS) is 16.1. The van der Waals surface area contributed by atoms with E-state index in [4.69, 9.17) is 4.52 Å². The number of aryl methyl sites for hydroxylation is 1. The summed E-state index contributed by atoms with van der Waals surface area (Å²) in [6.07, 6.45) is 0. The summed E-state index contributed by atoms with van der Waals surface area (Å²) in [7, 11) is 0. The standard InChI is InChI=1S/C18H23N3O2/c1-13(2)20-8-10-21(11-9-20)18(22)17-12-16(19-23-17)15-6-4-14(3)5-7-15/h4-7,12-13H,8-11H2,1-3H3. The lowest BCUT2D eigenvalue weighted by molar-refractivity contribution is 0.0557. The van der Waals surface area contributed by atoms with E-state index in [1.54, 1.807) is 6.07 Å². The molecule has 0 unspecified atom stereocenters. The third kappa shape index (κ3) is 3.45. The van der Waals surface area contributed by atoms with Gasteiger partial charge in [0.05, 0.1) is 0 Å². The van der Waals surface area contributed by atoms with Gasteiger partial charge in [0.25, 0.3) is 5.91 Å². The number of aromatic nitrogens is 1. The first-order valence-electron chi connectivity index (χ1n) is 8.11. The summed E-state index contributed by atoms with van der Waals surface area (Å²) in [5, 5.41) is 4.04. The zero-order chi connectivity index (χ0) is 16.4. The van der Waals surface area contributed by atoms with Gasteiger partial charge in [-0.15, -0.1) is 0 Å². The highest BCUT2D eigenvalue weighted by Crippen LogP contribution is 2.21. The number of carbonyl (C=O) groups is 1. The number of hydrogen-bond donors (Lipinski definition) is 0. The Morgan fingerprint density at radius 2 is 1.78 bits per heavy atom. The maximum Gasteiger partial charge on any atom is 0.292 e. The molecule has 1 aliphatic heterocycles. The number of piperazine rings is 1. The molecule has 122 valence electrons. The Morgan fingerprint density at radius 3 is 2.39 bits per heavy atom. The van der Waals surface area contributed by atoms with Crippen molar-refractivity contribution in [1.29, 1.82) is 0 Å². The highest BCUT2D eigenvalue weighted by Gasteiger charge is 2.25. The van der Waals surface area contributed by atoms with Crippen LogP contribution in [0.3, 0.4) is 0 Å². The van der Waals surface area contributed by atoms with Crippen LogP contribution in [0.5, 0.6) is 0 Å². The van der Waals surface area contributed by atoms with E-state index in [1.165, 1.54) is 5.56 Å². The topological polar surface area (TPSA) is 49.6 Å². The van der Waals surface area contributed by atoms with Gasteiger partial charge in [0.1, 0.15) is 5.69 Å². The molecule has 1 aromatic heterocycles. The molecule has 1 saturated heterocycles. The van der Waals surface area contributed by atoms with E-state index in [1.807, 2.05) is 36.1 Å². The van der Waals surface area contributed by atoms with Crippen molar-refractivity contribution in [3.63, 3.8) is 0 Å². The van der Waals surface area contributed by atoms with Crippen LogP contribution in [0.1, 0.15) is 30.0 Å². The van der Waals surface area contributed by atoms with Gasteiger partial charge in [0.15, 0.2) is 0 Å². The molecule has 1 fully saturated rings. The largest absolute Gasteiger partial charge is 0.350 e. The first-order chi connectivity index (χ1) is 11.0. The van der Waals surface area contributed by atoms with Crippen LogP contribution < -0.4 is 0 Å². The van der Waals surface area contributed by atoms with Crippen molar-refractivity contribution >= 4 is 5.91 Å². The van der Waals surface area contributed by atoms with Gasteiger partial charge >= 0.3 is 0 Å². The fourth-order valence-corrected chi connectivity index (χ4v) is 2.83. The molecule has 0 radical (unpaired) electrons. The van der Waals surface area contributed by atoms with Crippen LogP contribution in [0.4, 0.5) is 0 Å². The van der Waals surface area contributed by atoms with Gasteiger partial charge in [-0.1, -0.05) is 35.0 Å². The fourth-order valence-electron chi connectivity index (χ4n) is 2.83. The van der Waals surface area contributed by atoms with Crippen LogP contribution in [-0.2, 0) is 0 Å². The Labute approximate surface area is 136 Å². The second kappa shape index (κ2) is 6.54. The highest BCUT2D eigenvalue weighted by atomic mass is 16.5. The summed E-state index contributed by atoms with van der Waals surface area (Å²) in [5.41, 5.74) is 2.86. The minimum Gasteiger partial charge on any atom is -0.350 e. The monoisotopic (exact) mass is 313 g/mol. The summed E-state index contributed by atoms with van der Waals surface area (Å²) in [6, 6.07) is 10.3. The molecule has 0 atom stereocenters. The van der Waals surface area contributed by atoms with Gasteiger partial charge in [-0.3, -0.25) is 9.69 Å². The Hall–Kier alpha value is -2.14. The lowest BCUT2D eigenvalue weighted by Gasteiger charge is -2.36. The van der Waals surface area contributed by atoms with Crippen molar-refractivity contribution in [3.05, 3.63) is 41.7 Å². The van der Waals surface area contributed by atoms with E-state index in [0.717, 1.165) is 31.7 Å². The minimum atomic E-state index is -0.0701. The van der Waals surface area contributed by atoms with E-state index in [-0.39, 0.29) is 5.91 Å². The van der Waals surface area contributed by atoms with Gasteiger partial charge in [-0.2, -0.15) is 0 Å². The predicted octanol–water partition coefficient (Wildman–Crippen LogP) is 2.82. The quantitative estimate of drug-likeness (QED) is 0.874. The molecule has 0 aliphatic carbocycles. The number of amides is 1. The molecule has 1 aliphatic rings. The van der Waals surface area contributed by atoms with E-state index in [2.05, 4.69) is 23.9 Å². The molecular weight excluding hydrogens is 290 g/mol. The average Bonchev–Trinajstić information content (AvgIpc) is 3.05. The van der Waals surface area contributed by atoms with E-state index in [0.29, 0.717) is 17.5 Å². The molecular formula is C18H23N3O2. The highest BCUT2D eigenvalue weighted by molar-refractivity contribution is 5.92. The summed E-state index contributed by atoms with van der Waals surface area (Å²) in [5.74, 6) is 0.248. The number of rotatable bonds is 3. The van der Waals surface area contributed by atoms with Crippen LogP contribution in [0.15, 0.2) is 34.9 Å². The van der Waals surface area contributed by atoms with Crippen molar-refractivity contribution in [2.24, 2.45) is 0 Å². The molecule has 0 spiro atoms. The van der Waals surface area contributed by atoms with Gasteiger partial charge in [-0.05, 0) is 20.8 Å². The molecule has 5 nitrogen and oxygen atoms in total. The molecule has 2 aromatic rings. The summed E-state index contributed by atoms with van der Waals surface area (Å²) >= 11 is 0. The second-order valence-corrected chi connectivity index (χ2v) is 6.36. The fraction of sp³-hybridized carbons (Fsp3) is 0.444. The van der Waals surface area contributed by atoms with Crippen LogP contribution in [-0.4, -0.2) is 53.1 Å². The molecule has 23 heavy (non-hydrogen) atoms. The molecule has 1 aromatic carbocycles. The van der Waals surface area contributed by atoms with E-state index in [9.17, 15) is 4.79 Å². The zero-order valence-electron chi connectivity index (χ0n) is 14.0. The smallest absolute Gasteiger partial charge is 0.292 e. The van der Waals surface area contributed by atoms with Crippen molar-refractivity contribution in [3.8, 4) is 11.3 Å². The van der Waals surface area contributed by atoms with Crippen LogP contribution in [0.2, 0.25) is 0 Å². The van der Waals surface area contributed by atoms with Gasteiger partial charge in [0, 0.05) is 43.9 Å². The van der Waals surface area contributed by atoms with Crippen molar-refractivity contribution in [2.75, 3.05) is 26.2 Å². The maximum atomic E-state index is 12.5. The second-order valence-electron chi connectivity index (χ2n) is 6.36. The number of hydrogen-bond acceptors (Lipinski definition) is 4. The number of carbonyl (C=O) groups excluding carboxylic acids is 1. The molecule has 0 bridgehead atoms. The minimum absolute atomic E-state index is 0.0701. The van der Waals surface area contributed by atoms with Crippen molar-refractivity contribution in [2.45, 2.75) is 26.8 Å². The molecule has 3 rings (SSSR count). The third-order valence-electron chi connectivity index (χ3n) is 4.40. The summed E-state index contributed by atoms with van der Waals surface area (Å²) < 4.78 is 5.28. The van der Waals surface area contributed by atoms with Crippen LogP contribution in [0, 0.1) is 6.92 Å². The molecule has 1 amide bonds.